The molecular weight excluding hydrogens is 460 g/mol. The molecule has 0 saturated carbocycles. The van der Waals surface area contributed by atoms with Crippen LogP contribution in [0.4, 0.5) is 14.5 Å². The molecule has 2 aromatic carbocycles. The lowest BCUT2D eigenvalue weighted by Gasteiger charge is -2.32. The number of rotatable bonds is 7. The van der Waals surface area contributed by atoms with E-state index in [-0.39, 0.29) is 28.1 Å². The minimum Gasteiger partial charge on any atom is -0.349 e. The van der Waals surface area contributed by atoms with Crippen LogP contribution in [0.25, 0.3) is 0 Å². The van der Waals surface area contributed by atoms with Crippen molar-refractivity contribution in [2.45, 2.75) is 44.1 Å². The Labute approximate surface area is 192 Å². The molecule has 3 rings (SSSR count). The Morgan fingerprint density at radius 2 is 1.81 bits per heavy atom. The first kappa shape index (κ1) is 24.4. The van der Waals surface area contributed by atoms with Crippen molar-refractivity contribution in [2.24, 2.45) is 0 Å². The predicted octanol–water partition coefficient (Wildman–Crippen LogP) is 4.22. The van der Waals surface area contributed by atoms with Crippen molar-refractivity contribution in [1.82, 2.24) is 10.2 Å². The number of alkyl halides is 2. The Bertz CT molecular complexity index is 1090. The van der Waals surface area contributed by atoms with E-state index in [1.54, 1.807) is 17.0 Å². The number of anilines is 1. The number of aryl methyl sites for hydroxylation is 2. The van der Waals surface area contributed by atoms with Crippen molar-refractivity contribution in [3.63, 3.8) is 0 Å². The maximum absolute atomic E-state index is 12.8. The van der Waals surface area contributed by atoms with Crippen molar-refractivity contribution in [3.8, 4) is 0 Å². The molecule has 1 aliphatic heterocycles. The van der Waals surface area contributed by atoms with Gasteiger partial charge in [-0.25, -0.2) is 17.2 Å². The van der Waals surface area contributed by atoms with Crippen LogP contribution < -0.4 is 10.0 Å². The van der Waals surface area contributed by atoms with Crippen LogP contribution in [-0.2, 0) is 10.0 Å². The third-order valence-corrected chi connectivity index (χ3v) is 7.28. The summed E-state index contributed by atoms with van der Waals surface area (Å²) in [4.78, 5) is 14.3. The van der Waals surface area contributed by atoms with E-state index >= 15 is 0 Å². The Balaban J connectivity index is 1.70. The van der Waals surface area contributed by atoms with Gasteiger partial charge in [-0.2, -0.15) is 0 Å². The molecule has 174 valence electrons. The van der Waals surface area contributed by atoms with Crippen LogP contribution in [0.2, 0.25) is 5.02 Å². The van der Waals surface area contributed by atoms with Gasteiger partial charge in [0.25, 0.3) is 22.4 Å². The molecule has 1 amide bonds. The Morgan fingerprint density at radius 3 is 2.44 bits per heavy atom. The molecule has 32 heavy (non-hydrogen) atoms. The molecule has 0 unspecified atom stereocenters. The van der Waals surface area contributed by atoms with Crippen LogP contribution in [0.5, 0.6) is 0 Å². The zero-order valence-electron chi connectivity index (χ0n) is 17.9. The quantitative estimate of drug-likeness (QED) is 0.615. The van der Waals surface area contributed by atoms with Gasteiger partial charge in [-0.3, -0.25) is 14.4 Å². The summed E-state index contributed by atoms with van der Waals surface area (Å²) in [5, 5.41) is 2.97. The molecule has 1 heterocycles. The fourth-order valence-corrected chi connectivity index (χ4v) is 4.86. The largest absolute Gasteiger partial charge is 0.349 e. The van der Waals surface area contributed by atoms with Gasteiger partial charge >= 0.3 is 0 Å². The van der Waals surface area contributed by atoms with Gasteiger partial charge in [0.05, 0.1) is 22.0 Å². The molecular formula is C22H26ClF2N3O3S. The maximum atomic E-state index is 12.8. The SMILES string of the molecule is Cc1ccc(NS(=O)(=O)c2ccc(Cl)c(C(=O)NC3CCN(CC(F)F)CC3)c2)cc1C. The van der Waals surface area contributed by atoms with Gasteiger partial charge in [0, 0.05) is 24.8 Å². The number of sulfonamides is 1. The van der Waals surface area contributed by atoms with Crippen LogP contribution >= 0.6 is 11.6 Å². The molecule has 0 spiro atoms. The highest BCUT2D eigenvalue weighted by Gasteiger charge is 2.25. The Kier molecular flexibility index (Phi) is 7.74. The van der Waals surface area contributed by atoms with Gasteiger partial charge in [0.15, 0.2) is 0 Å². The summed E-state index contributed by atoms with van der Waals surface area (Å²) in [5.74, 6) is -0.495. The van der Waals surface area contributed by atoms with E-state index in [0.717, 1.165) is 11.1 Å². The highest BCUT2D eigenvalue weighted by atomic mass is 35.5. The number of piperidine rings is 1. The first-order valence-corrected chi connectivity index (χ1v) is 12.1. The Morgan fingerprint density at radius 1 is 1.12 bits per heavy atom. The number of nitrogens with one attached hydrogen (secondary N) is 2. The number of amides is 1. The number of hydrogen-bond donors (Lipinski definition) is 2. The van der Waals surface area contributed by atoms with E-state index in [9.17, 15) is 22.0 Å². The van der Waals surface area contributed by atoms with Crippen LogP contribution in [0.1, 0.15) is 34.3 Å². The zero-order chi connectivity index (χ0) is 23.5. The molecule has 6 nitrogen and oxygen atoms in total. The summed E-state index contributed by atoms with van der Waals surface area (Å²) in [5.41, 5.74) is 2.45. The molecule has 1 aliphatic rings. The molecule has 0 radical (unpaired) electrons. The minimum atomic E-state index is -3.93. The van der Waals surface area contributed by atoms with Crippen molar-refractivity contribution < 1.29 is 22.0 Å². The number of carbonyl (C=O) groups excluding carboxylic acids is 1. The third-order valence-electron chi connectivity index (χ3n) is 5.57. The minimum absolute atomic E-state index is 0.0460. The third kappa shape index (κ3) is 6.17. The van der Waals surface area contributed by atoms with Crippen LogP contribution in [0, 0.1) is 13.8 Å². The summed E-state index contributed by atoms with van der Waals surface area (Å²) >= 11 is 6.17. The highest BCUT2D eigenvalue weighted by Crippen LogP contribution is 2.24. The molecule has 1 saturated heterocycles. The second-order valence-corrected chi connectivity index (χ2v) is 10.1. The second-order valence-electron chi connectivity index (χ2n) is 7.99. The maximum Gasteiger partial charge on any atom is 0.261 e. The average molecular weight is 486 g/mol. The smallest absolute Gasteiger partial charge is 0.261 e. The van der Waals surface area contributed by atoms with E-state index < -0.39 is 22.4 Å². The zero-order valence-corrected chi connectivity index (χ0v) is 19.4. The number of carbonyl (C=O) groups is 1. The van der Waals surface area contributed by atoms with Crippen molar-refractivity contribution >= 4 is 33.2 Å². The van der Waals surface area contributed by atoms with Crippen molar-refractivity contribution in [1.29, 1.82) is 0 Å². The van der Waals surface area contributed by atoms with Crippen LogP contribution in [0.3, 0.4) is 0 Å². The summed E-state index contributed by atoms with van der Waals surface area (Å²) in [6.07, 6.45) is -1.33. The number of nitrogens with zero attached hydrogens (tertiary/aromatic N) is 1. The monoisotopic (exact) mass is 485 g/mol. The molecule has 0 atom stereocenters. The fraction of sp³-hybridized carbons (Fsp3) is 0.409. The first-order chi connectivity index (χ1) is 15.0. The fourth-order valence-electron chi connectivity index (χ4n) is 3.58. The summed E-state index contributed by atoms with van der Waals surface area (Å²) in [6.45, 7) is 4.45. The predicted molar refractivity (Wildman–Crippen MR) is 121 cm³/mol. The normalized spacial score (nSPS) is 15.7. The second kappa shape index (κ2) is 10.1. The molecule has 0 bridgehead atoms. The van der Waals surface area contributed by atoms with Gasteiger partial charge < -0.3 is 5.32 Å². The molecule has 2 N–H and O–H groups in total. The topological polar surface area (TPSA) is 78.5 Å². The van der Waals surface area contributed by atoms with Crippen LogP contribution in [0.15, 0.2) is 41.3 Å². The number of likely N-dealkylation sites (tertiary alicyclic amines) is 1. The summed E-state index contributed by atoms with van der Waals surface area (Å²) in [7, 11) is -3.93. The van der Waals surface area contributed by atoms with Crippen LogP contribution in [-0.4, -0.2) is 51.3 Å². The summed E-state index contributed by atoms with van der Waals surface area (Å²) < 4.78 is 53.3. The molecule has 0 aromatic heterocycles. The standard InChI is InChI=1S/C22H26ClF2N3O3S/c1-14-3-4-17(11-15(14)2)27-32(30,31)18-5-6-20(23)19(12-18)22(29)26-16-7-9-28(10-8-16)13-21(24)25/h3-6,11-12,16,21,27H,7-10,13H2,1-2H3,(H,26,29). The van der Waals surface area contributed by atoms with E-state index in [1.165, 1.54) is 18.2 Å². The average Bonchev–Trinajstić information content (AvgIpc) is 2.71. The van der Waals surface area contributed by atoms with E-state index in [4.69, 9.17) is 11.6 Å². The van der Waals surface area contributed by atoms with Crippen molar-refractivity contribution in [2.75, 3.05) is 24.4 Å². The van der Waals surface area contributed by atoms with Gasteiger partial charge in [0.1, 0.15) is 0 Å². The molecule has 10 heteroatoms. The molecule has 0 aliphatic carbocycles. The molecule has 1 fully saturated rings. The number of halogens is 3. The lowest BCUT2D eigenvalue weighted by atomic mass is 10.0. The molecule has 2 aromatic rings. The van der Waals surface area contributed by atoms with E-state index in [2.05, 4.69) is 10.0 Å². The Hall–Kier alpha value is -2.23. The number of benzene rings is 2. The van der Waals surface area contributed by atoms with Gasteiger partial charge in [-0.15, -0.1) is 0 Å². The highest BCUT2D eigenvalue weighted by molar-refractivity contribution is 7.92. The van der Waals surface area contributed by atoms with E-state index in [1.807, 2.05) is 19.9 Å². The van der Waals surface area contributed by atoms with Crippen molar-refractivity contribution in [3.05, 3.63) is 58.1 Å². The summed E-state index contributed by atoms with van der Waals surface area (Å²) in [6, 6.07) is 8.98. The first-order valence-electron chi connectivity index (χ1n) is 10.3. The van der Waals surface area contributed by atoms with Gasteiger partial charge in [-0.05, 0) is 68.1 Å². The lowest BCUT2D eigenvalue weighted by molar-refractivity contribution is 0.0696. The van der Waals surface area contributed by atoms with E-state index in [0.29, 0.717) is 31.6 Å². The number of hydrogen-bond acceptors (Lipinski definition) is 4. The van der Waals surface area contributed by atoms with Gasteiger partial charge in [0.2, 0.25) is 0 Å². The van der Waals surface area contributed by atoms with Gasteiger partial charge in [-0.1, -0.05) is 17.7 Å². The lowest BCUT2D eigenvalue weighted by Crippen LogP contribution is -2.45.